The molecule has 1 heterocycles. The minimum atomic E-state index is 0.0146. The number of amides is 1. The normalized spacial score (nSPS) is 10.7. The molecule has 3 rings (SSSR count). The van der Waals surface area contributed by atoms with Crippen molar-refractivity contribution in [3.63, 3.8) is 0 Å². The Kier molecular flexibility index (Phi) is 5.34. The molecule has 1 amide bonds. The maximum atomic E-state index is 12.1. The number of nitrogens with one attached hydrogen (secondary N) is 1. The Bertz CT molecular complexity index is 884. The fourth-order valence-electron chi connectivity index (χ4n) is 2.74. The third-order valence-electron chi connectivity index (χ3n) is 3.94. The molecule has 4 nitrogen and oxygen atoms in total. The fourth-order valence-corrected chi connectivity index (χ4v) is 3.14. The zero-order valence-electron chi connectivity index (χ0n) is 14.3. The van der Waals surface area contributed by atoms with Crippen LogP contribution in [-0.2, 0) is 11.2 Å². The van der Waals surface area contributed by atoms with Gasteiger partial charge in [0.05, 0.1) is 11.4 Å². The van der Waals surface area contributed by atoms with Gasteiger partial charge in [-0.2, -0.15) is 5.10 Å². The van der Waals surface area contributed by atoms with Crippen molar-refractivity contribution in [3.8, 4) is 5.69 Å². The molecule has 0 unspecified atom stereocenters. The number of hydrogen-bond acceptors (Lipinski definition) is 2. The van der Waals surface area contributed by atoms with Gasteiger partial charge in [-0.25, -0.2) is 4.68 Å². The predicted octanol–water partition coefficient (Wildman–Crippen LogP) is 4.82. The Hall–Kier alpha value is -2.40. The Balaban J connectivity index is 1.58. The molecular weight excluding hydrogens is 378 g/mol. The van der Waals surface area contributed by atoms with Crippen LogP contribution in [0.5, 0.6) is 0 Å². The van der Waals surface area contributed by atoms with Crippen molar-refractivity contribution >= 4 is 27.5 Å². The van der Waals surface area contributed by atoms with Gasteiger partial charge in [-0.05, 0) is 62.2 Å². The standard InChI is InChI=1S/C20H20BrN3O/c1-14-12-15(2)24(23-14)19-9-6-16(7-10-19)8-11-20(25)22-18-5-3-4-17(21)13-18/h3-7,9-10,12-13H,8,11H2,1-2H3,(H,22,25). The van der Waals surface area contributed by atoms with E-state index < -0.39 is 0 Å². The van der Waals surface area contributed by atoms with Crippen LogP contribution in [0.1, 0.15) is 23.4 Å². The van der Waals surface area contributed by atoms with E-state index in [4.69, 9.17) is 0 Å². The molecule has 0 fully saturated rings. The van der Waals surface area contributed by atoms with Crippen LogP contribution in [0.4, 0.5) is 5.69 Å². The van der Waals surface area contributed by atoms with Crippen LogP contribution in [0.15, 0.2) is 59.1 Å². The average molecular weight is 398 g/mol. The van der Waals surface area contributed by atoms with E-state index in [0.29, 0.717) is 12.8 Å². The Labute approximate surface area is 156 Å². The molecule has 0 saturated carbocycles. The van der Waals surface area contributed by atoms with E-state index in [9.17, 15) is 4.79 Å². The van der Waals surface area contributed by atoms with Crippen molar-refractivity contribution in [2.75, 3.05) is 5.32 Å². The summed E-state index contributed by atoms with van der Waals surface area (Å²) in [6.45, 7) is 4.03. The highest BCUT2D eigenvalue weighted by Gasteiger charge is 2.06. The number of nitrogens with zero attached hydrogens (tertiary/aromatic N) is 2. The monoisotopic (exact) mass is 397 g/mol. The van der Waals surface area contributed by atoms with Crippen LogP contribution in [0.3, 0.4) is 0 Å². The lowest BCUT2D eigenvalue weighted by Crippen LogP contribution is -2.12. The lowest BCUT2D eigenvalue weighted by atomic mass is 10.1. The highest BCUT2D eigenvalue weighted by molar-refractivity contribution is 9.10. The Morgan fingerprint density at radius 3 is 2.52 bits per heavy atom. The topological polar surface area (TPSA) is 46.9 Å². The Morgan fingerprint density at radius 1 is 1.12 bits per heavy atom. The van der Waals surface area contributed by atoms with Gasteiger partial charge in [0.1, 0.15) is 0 Å². The lowest BCUT2D eigenvalue weighted by Gasteiger charge is -2.07. The molecule has 1 aromatic heterocycles. The molecule has 0 aliphatic rings. The van der Waals surface area contributed by atoms with Crippen LogP contribution in [0, 0.1) is 13.8 Å². The van der Waals surface area contributed by atoms with E-state index in [-0.39, 0.29) is 5.91 Å². The molecule has 5 heteroatoms. The summed E-state index contributed by atoms with van der Waals surface area (Å²) in [6, 6.07) is 17.9. The molecule has 0 bridgehead atoms. The van der Waals surface area contributed by atoms with E-state index in [1.165, 1.54) is 0 Å². The zero-order valence-corrected chi connectivity index (χ0v) is 15.9. The van der Waals surface area contributed by atoms with Gasteiger partial charge in [0, 0.05) is 22.3 Å². The molecule has 128 valence electrons. The number of aryl methyl sites for hydroxylation is 3. The van der Waals surface area contributed by atoms with E-state index in [1.54, 1.807) is 0 Å². The van der Waals surface area contributed by atoms with Gasteiger partial charge in [0.15, 0.2) is 0 Å². The summed E-state index contributed by atoms with van der Waals surface area (Å²) >= 11 is 3.40. The van der Waals surface area contributed by atoms with Crippen molar-refractivity contribution < 1.29 is 4.79 Å². The van der Waals surface area contributed by atoms with E-state index in [1.807, 2.05) is 54.9 Å². The molecule has 1 N–H and O–H groups in total. The predicted molar refractivity (Wildman–Crippen MR) is 104 cm³/mol. The molecule has 0 saturated heterocycles. The first-order chi connectivity index (χ1) is 12.0. The number of anilines is 1. The second kappa shape index (κ2) is 7.66. The summed E-state index contributed by atoms with van der Waals surface area (Å²) in [4.78, 5) is 12.1. The van der Waals surface area contributed by atoms with E-state index in [0.717, 1.165) is 32.8 Å². The first-order valence-corrected chi connectivity index (χ1v) is 8.98. The summed E-state index contributed by atoms with van der Waals surface area (Å²) in [5.74, 6) is 0.0146. The average Bonchev–Trinajstić information content (AvgIpc) is 2.92. The van der Waals surface area contributed by atoms with Gasteiger partial charge in [-0.1, -0.05) is 34.1 Å². The summed E-state index contributed by atoms with van der Waals surface area (Å²) in [5.41, 5.74) is 5.09. The van der Waals surface area contributed by atoms with E-state index >= 15 is 0 Å². The molecule has 3 aromatic rings. The largest absolute Gasteiger partial charge is 0.326 e. The smallest absolute Gasteiger partial charge is 0.224 e. The van der Waals surface area contributed by atoms with Gasteiger partial charge in [0.25, 0.3) is 0 Å². The molecule has 2 aromatic carbocycles. The lowest BCUT2D eigenvalue weighted by molar-refractivity contribution is -0.116. The van der Waals surface area contributed by atoms with Crippen molar-refractivity contribution in [3.05, 3.63) is 76.0 Å². The van der Waals surface area contributed by atoms with Crippen molar-refractivity contribution in [1.29, 1.82) is 0 Å². The number of hydrogen-bond donors (Lipinski definition) is 1. The van der Waals surface area contributed by atoms with Crippen LogP contribution < -0.4 is 5.32 Å². The third kappa shape index (κ3) is 4.57. The summed E-state index contributed by atoms with van der Waals surface area (Å²) in [7, 11) is 0. The molecule has 0 atom stereocenters. The quantitative estimate of drug-likeness (QED) is 0.670. The summed E-state index contributed by atoms with van der Waals surface area (Å²) in [6.07, 6.45) is 1.16. The minimum absolute atomic E-state index is 0.0146. The van der Waals surface area contributed by atoms with Gasteiger partial charge < -0.3 is 5.32 Å². The zero-order chi connectivity index (χ0) is 17.8. The maximum Gasteiger partial charge on any atom is 0.224 e. The molecular formula is C20H20BrN3O. The van der Waals surface area contributed by atoms with Crippen molar-refractivity contribution in [1.82, 2.24) is 9.78 Å². The molecule has 0 spiro atoms. The molecule has 25 heavy (non-hydrogen) atoms. The second-order valence-electron chi connectivity index (χ2n) is 6.06. The number of aromatic nitrogens is 2. The van der Waals surface area contributed by atoms with Crippen LogP contribution in [-0.4, -0.2) is 15.7 Å². The number of carbonyl (C=O) groups is 1. The van der Waals surface area contributed by atoms with Gasteiger partial charge >= 0.3 is 0 Å². The molecule has 0 radical (unpaired) electrons. The Morgan fingerprint density at radius 2 is 1.88 bits per heavy atom. The molecule has 0 aliphatic carbocycles. The second-order valence-corrected chi connectivity index (χ2v) is 6.98. The first-order valence-electron chi connectivity index (χ1n) is 8.19. The van der Waals surface area contributed by atoms with Gasteiger partial charge in [0.2, 0.25) is 5.91 Å². The molecule has 0 aliphatic heterocycles. The fraction of sp³-hybridized carbons (Fsp3) is 0.200. The number of rotatable bonds is 5. The van der Waals surface area contributed by atoms with Gasteiger partial charge in [-0.3, -0.25) is 4.79 Å². The van der Waals surface area contributed by atoms with Crippen molar-refractivity contribution in [2.24, 2.45) is 0 Å². The summed E-state index contributed by atoms with van der Waals surface area (Å²) < 4.78 is 2.88. The van der Waals surface area contributed by atoms with Crippen molar-refractivity contribution in [2.45, 2.75) is 26.7 Å². The van der Waals surface area contributed by atoms with Crippen LogP contribution in [0.25, 0.3) is 5.69 Å². The highest BCUT2D eigenvalue weighted by atomic mass is 79.9. The highest BCUT2D eigenvalue weighted by Crippen LogP contribution is 2.17. The number of halogens is 1. The number of benzene rings is 2. The van der Waals surface area contributed by atoms with Crippen LogP contribution in [0.2, 0.25) is 0 Å². The van der Waals surface area contributed by atoms with Gasteiger partial charge in [-0.15, -0.1) is 0 Å². The van der Waals surface area contributed by atoms with E-state index in [2.05, 4.69) is 44.5 Å². The maximum absolute atomic E-state index is 12.1. The summed E-state index contributed by atoms with van der Waals surface area (Å²) in [5, 5.41) is 7.40. The first kappa shape index (κ1) is 17.4. The third-order valence-corrected chi connectivity index (χ3v) is 4.43. The minimum Gasteiger partial charge on any atom is -0.326 e. The van der Waals surface area contributed by atoms with Crippen LogP contribution >= 0.6 is 15.9 Å². The number of carbonyl (C=O) groups excluding carboxylic acids is 1. The SMILES string of the molecule is Cc1cc(C)n(-c2ccc(CCC(=O)Nc3cccc(Br)c3)cc2)n1.